The van der Waals surface area contributed by atoms with E-state index >= 15 is 0 Å². The van der Waals surface area contributed by atoms with Crippen molar-refractivity contribution in [3.05, 3.63) is 35.4 Å². The molecule has 0 saturated heterocycles. The molecule has 7 heteroatoms. The zero-order chi connectivity index (χ0) is 16.0. The number of alkyl halides is 3. The molecule has 1 unspecified atom stereocenters. The van der Waals surface area contributed by atoms with E-state index in [1.54, 1.807) is 19.9 Å². The second-order valence-electron chi connectivity index (χ2n) is 4.61. The largest absolute Gasteiger partial charge is 0.426 e. The Hall–Kier alpha value is -1.76. The van der Waals surface area contributed by atoms with Crippen LogP contribution in [0.25, 0.3) is 0 Å². The lowest BCUT2D eigenvalue weighted by Gasteiger charge is -2.26. The van der Waals surface area contributed by atoms with Crippen LogP contribution in [0.3, 0.4) is 0 Å². The molecule has 0 aliphatic rings. The summed E-state index contributed by atoms with van der Waals surface area (Å²) in [4.78, 5) is 16.2. The third-order valence-corrected chi connectivity index (χ3v) is 2.99. The predicted octanol–water partition coefficient (Wildman–Crippen LogP) is 3.23. The standard InChI is InChI=1S/C14H19F3N2O2/c1-4-19(21-13(20)18-3)10(2)8-11-6-5-7-12(9-11)14(15,16)17/h5-7,9-10H,4,8H2,1-3H3,(H,18,20). The number of benzene rings is 1. The average molecular weight is 304 g/mol. The highest BCUT2D eigenvalue weighted by atomic mass is 19.4. The fraction of sp³-hybridized carbons (Fsp3) is 0.500. The fourth-order valence-corrected chi connectivity index (χ4v) is 1.94. The van der Waals surface area contributed by atoms with Gasteiger partial charge < -0.3 is 10.2 Å². The van der Waals surface area contributed by atoms with Crippen molar-refractivity contribution >= 4 is 6.09 Å². The first-order valence-corrected chi connectivity index (χ1v) is 6.60. The van der Waals surface area contributed by atoms with E-state index in [-0.39, 0.29) is 6.04 Å². The molecule has 1 aromatic rings. The number of carbonyl (C=O) groups is 1. The smallest absolute Gasteiger partial charge is 0.351 e. The van der Waals surface area contributed by atoms with Crippen molar-refractivity contribution in [3.8, 4) is 0 Å². The Balaban J connectivity index is 2.77. The van der Waals surface area contributed by atoms with E-state index in [4.69, 9.17) is 4.84 Å². The molecule has 0 heterocycles. The third kappa shape index (κ3) is 5.26. The monoisotopic (exact) mass is 304 g/mol. The van der Waals surface area contributed by atoms with E-state index in [0.29, 0.717) is 18.5 Å². The molecular weight excluding hydrogens is 285 g/mol. The summed E-state index contributed by atoms with van der Waals surface area (Å²) in [5.41, 5.74) is -0.140. The molecule has 0 bridgehead atoms. The molecule has 21 heavy (non-hydrogen) atoms. The number of nitrogens with zero attached hydrogens (tertiary/aromatic N) is 1. The molecule has 118 valence electrons. The summed E-state index contributed by atoms with van der Waals surface area (Å²) in [5.74, 6) is 0. The molecule has 1 atom stereocenters. The molecule has 4 nitrogen and oxygen atoms in total. The first kappa shape index (κ1) is 17.3. The summed E-state index contributed by atoms with van der Waals surface area (Å²) in [6, 6.07) is 4.91. The first-order chi connectivity index (χ1) is 9.77. The van der Waals surface area contributed by atoms with Crippen LogP contribution < -0.4 is 5.32 Å². The zero-order valence-electron chi connectivity index (χ0n) is 12.2. The van der Waals surface area contributed by atoms with Gasteiger partial charge in [0.1, 0.15) is 0 Å². The molecule has 0 spiro atoms. The van der Waals surface area contributed by atoms with Crippen LogP contribution in [-0.2, 0) is 17.4 Å². The molecule has 1 aromatic carbocycles. The quantitative estimate of drug-likeness (QED) is 0.849. The highest BCUT2D eigenvalue weighted by Gasteiger charge is 2.30. The molecule has 0 saturated carbocycles. The molecule has 1 amide bonds. The average Bonchev–Trinajstić information content (AvgIpc) is 2.43. The summed E-state index contributed by atoms with van der Waals surface area (Å²) < 4.78 is 38.0. The van der Waals surface area contributed by atoms with Crippen molar-refractivity contribution < 1.29 is 22.8 Å². The van der Waals surface area contributed by atoms with Crippen molar-refractivity contribution in [1.82, 2.24) is 10.4 Å². The van der Waals surface area contributed by atoms with Crippen LogP contribution in [-0.4, -0.2) is 30.8 Å². The van der Waals surface area contributed by atoms with Crippen molar-refractivity contribution in [1.29, 1.82) is 0 Å². The lowest BCUT2D eigenvalue weighted by atomic mass is 10.0. The van der Waals surface area contributed by atoms with Gasteiger partial charge in [-0.05, 0) is 31.9 Å². The molecule has 0 aromatic heterocycles. The Morgan fingerprint density at radius 3 is 2.62 bits per heavy atom. The van der Waals surface area contributed by atoms with Gasteiger partial charge in [0.05, 0.1) is 5.56 Å². The van der Waals surface area contributed by atoms with E-state index in [2.05, 4.69) is 5.32 Å². The number of hydroxylamine groups is 2. The maximum Gasteiger partial charge on any atom is 0.426 e. The second-order valence-corrected chi connectivity index (χ2v) is 4.61. The summed E-state index contributed by atoms with van der Waals surface area (Å²) in [6.07, 6.45) is -4.62. The van der Waals surface area contributed by atoms with Gasteiger partial charge in [0.25, 0.3) is 0 Å². The summed E-state index contributed by atoms with van der Waals surface area (Å²) in [7, 11) is 1.44. The number of amides is 1. The minimum absolute atomic E-state index is 0.240. The van der Waals surface area contributed by atoms with E-state index in [1.807, 2.05) is 0 Å². The van der Waals surface area contributed by atoms with E-state index < -0.39 is 17.8 Å². The molecule has 0 aliphatic heterocycles. The molecule has 1 N–H and O–H groups in total. The van der Waals surface area contributed by atoms with E-state index in [1.165, 1.54) is 18.2 Å². The molecular formula is C14H19F3N2O2. The van der Waals surface area contributed by atoms with Gasteiger partial charge in [0, 0.05) is 19.6 Å². The third-order valence-electron chi connectivity index (χ3n) is 2.99. The predicted molar refractivity (Wildman–Crippen MR) is 72.5 cm³/mol. The van der Waals surface area contributed by atoms with Crippen LogP contribution in [0.1, 0.15) is 25.0 Å². The van der Waals surface area contributed by atoms with Crippen LogP contribution in [0.15, 0.2) is 24.3 Å². The number of hydrogen-bond donors (Lipinski definition) is 1. The maximum absolute atomic E-state index is 12.7. The number of halogens is 3. The Morgan fingerprint density at radius 1 is 1.43 bits per heavy atom. The Labute approximate surface area is 121 Å². The van der Waals surface area contributed by atoms with Crippen LogP contribution in [0, 0.1) is 0 Å². The summed E-state index contributed by atoms with van der Waals surface area (Å²) in [6.45, 7) is 4.02. The van der Waals surface area contributed by atoms with Crippen molar-refractivity contribution in [2.75, 3.05) is 13.6 Å². The van der Waals surface area contributed by atoms with Gasteiger partial charge in [-0.2, -0.15) is 13.2 Å². The van der Waals surface area contributed by atoms with Gasteiger partial charge in [-0.25, -0.2) is 4.79 Å². The number of carbonyl (C=O) groups excluding carboxylic acids is 1. The Bertz CT molecular complexity index is 478. The van der Waals surface area contributed by atoms with Gasteiger partial charge >= 0.3 is 12.3 Å². The topological polar surface area (TPSA) is 41.6 Å². The molecule has 0 fully saturated rings. The number of hydrogen-bond acceptors (Lipinski definition) is 3. The minimum Gasteiger partial charge on any atom is -0.351 e. The van der Waals surface area contributed by atoms with Gasteiger partial charge in [0.15, 0.2) is 0 Å². The summed E-state index contributed by atoms with van der Waals surface area (Å²) >= 11 is 0. The fourth-order valence-electron chi connectivity index (χ4n) is 1.94. The summed E-state index contributed by atoms with van der Waals surface area (Å²) in [5, 5.41) is 3.76. The van der Waals surface area contributed by atoms with Gasteiger partial charge in [-0.15, -0.1) is 5.06 Å². The van der Waals surface area contributed by atoms with Gasteiger partial charge in [-0.1, -0.05) is 18.2 Å². The lowest BCUT2D eigenvalue weighted by molar-refractivity contribution is -0.137. The highest BCUT2D eigenvalue weighted by Crippen LogP contribution is 2.29. The van der Waals surface area contributed by atoms with Crippen LogP contribution >= 0.6 is 0 Å². The SMILES string of the molecule is CCN(OC(=O)NC)C(C)Cc1cccc(C(F)(F)F)c1. The zero-order valence-corrected chi connectivity index (χ0v) is 12.2. The number of nitrogens with one attached hydrogen (secondary N) is 1. The normalized spacial score (nSPS) is 13.1. The van der Waals surface area contributed by atoms with Crippen molar-refractivity contribution in [2.45, 2.75) is 32.5 Å². The van der Waals surface area contributed by atoms with E-state index in [0.717, 1.165) is 12.1 Å². The van der Waals surface area contributed by atoms with Crippen molar-refractivity contribution in [2.24, 2.45) is 0 Å². The molecule has 0 aliphatic carbocycles. The maximum atomic E-state index is 12.7. The molecule has 0 radical (unpaired) electrons. The lowest BCUT2D eigenvalue weighted by Crippen LogP contribution is -2.39. The Kier molecular flexibility index (Phi) is 6.02. The minimum atomic E-state index is -4.36. The van der Waals surface area contributed by atoms with Gasteiger partial charge in [-0.3, -0.25) is 0 Å². The number of likely N-dealkylation sites (N-methyl/N-ethyl adjacent to an activating group) is 1. The number of rotatable bonds is 5. The van der Waals surface area contributed by atoms with E-state index in [9.17, 15) is 18.0 Å². The van der Waals surface area contributed by atoms with Gasteiger partial charge in [0.2, 0.25) is 0 Å². The Morgan fingerprint density at radius 2 is 2.10 bits per heavy atom. The van der Waals surface area contributed by atoms with Crippen LogP contribution in [0.2, 0.25) is 0 Å². The second kappa shape index (κ2) is 7.31. The van der Waals surface area contributed by atoms with Crippen LogP contribution in [0.5, 0.6) is 0 Å². The first-order valence-electron chi connectivity index (χ1n) is 6.60. The van der Waals surface area contributed by atoms with Crippen LogP contribution in [0.4, 0.5) is 18.0 Å². The van der Waals surface area contributed by atoms with Crippen molar-refractivity contribution in [3.63, 3.8) is 0 Å². The molecule has 1 rings (SSSR count). The highest BCUT2D eigenvalue weighted by molar-refractivity contribution is 5.66.